The van der Waals surface area contributed by atoms with E-state index in [4.69, 9.17) is 0 Å². The van der Waals surface area contributed by atoms with Crippen molar-refractivity contribution >= 4 is 40.0 Å². The summed E-state index contributed by atoms with van der Waals surface area (Å²) in [6.07, 6.45) is 0.665. The van der Waals surface area contributed by atoms with Crippen molar-refractivity contribution in [3.63, 3.8) is 0 Å². The maximum Gasteiger partial charge on any atom is 0.240 e. The van der Waals surface area contributed by atoms with Crippen molar-refractivity contribution in [1.82, 2.24) is 15.4 Å². The molecule has 2 rings (SSSR count). The van der Waals surface area contributed by atoms with Crippen LogP contribution in [0.1, 0.15) is 18.1 Å². The number of nitrogens with one attached hydrogen (secondary N) is 3. The highest BCUT2D eigenvalue weighted by atomic mass is 127. The molecule has 0 spiro atoms. The van der Waals surface area contributed by atoms with Crippen LogP contribution < -0.4 is 15.4 Å². The van der Waals surface area contributed by atoms with Crippen molar-refractivity contribution in [1.29, 1.82) is 0 Å². The quantitative estimate of drug-likeness (QED) is 0.284. The van der Waals surface area contributed by atoms with Crippen LogP contribution >= 0.6 is 24.0 Å². The molecule has 3 N–H and O–H groups in total. The van der Waals surface area contributed by atoms with Crippen LogP contribution in [0.3, 0.4) is 0 Å². The number of aliphatic imine (C=N–C) groups is 1. The van der Waals surface area contributed by atoms with Crippen molar-refractivity contribution < 1.29 is 12.8 Å². The molecule has 154 valence electrons. The number of guanidine groups is 1. The Hall–Kier alpha value is -1.72. The van der Waals surface area contributed by atoms with Crippen LogP contribution in [0.2, 0.25) is 0 Å². The molecule has 6 nitrogen and oxygen atoms in total. The molecule has 2 aromatic rings. The molecule has 2 aromatic carbocycles. The zero-order valence-electron chi connectivity index (χ0n) is 15.9. The van der Waals surface area contributed by atoms with Crippen LogP contribution in [-0.2, 0) is 23.0 Å². The lowest BCUT2D eigenvalue weighted by atomic mass is 10.1. The molecule has 0 aliphatic rings. The van der Waals surface area contributed by atoms with E-state index in [0.717, 1.165) is 11.1 Å². The monoisotopic (exact) mass is 520 g/mol. The third-order valence-electron chi connectivity index (χ3n) is 3.84. The lowest BCUT2D eigenvalue weighted by Crippen LogP contribution is -2.38. The number of nitrogens with zero attached hydrogens (tertiary/aromatic N) is 1. The highest BCUT2D eigenvalue weighted by Gasteiger charge is 2.11. The number of sulfonamides is 1. The molecule has 0 saturated carbocycles. The maximum atomic E-state index is 13.2. The lowest BCUT2D eigenvalue weighted by molar-refractivity contribution is 0.588. The Morgan fingerprint density at radius 2 is 1.79 bits per heavy atom. The summed E-state index contributed by atoms with van der Waals surface area (Å²) in [4.78, 5) is 4.70. The van der Waals surface area contributed by atoms with Crippen LogP contribution in [0.25, 0.3) is 0 Å². The third kappa shape index (κ3) is 7.72. The Balaban J connectivity index is 0.00000392. The summed E-state index contributed by atoms with van der Waals surface area (Å²) >= 11 is 0. The first-order chi connectivity index (χ1) is 12.9. The summed E-state index contributed by atoms with van der Waals surface area (Å²) in [6, 6.07) is 13.2. The van der Waals surface area contributed by atoms with E-state index >= 15 is 0 Å². The molecule has 0 heterocycles. The van der Waals surface area contributed by atoms with Gasteiger partial charge in [0.2, 0.25) is 10.0 Å². The van der Waals surface area contributed by atoms with Gasteiger partial charge in [0.1, 0.15) is 5.82 Å². The van der Waals surface area contributed by atoms with Gasteiger partial charge in [0.05, 0.1) is 11.4 Å². The number of hydrogen-bond donors (Lipinski definition) is 3. The van der Waals surface area contributed by atoms with Crippen LogP contribution in [-0.4, -0.2) is 34.5 Å². The lowest BCUT2D eigenvalue weighted by Gasteiger charge is -2.11. The SMILES string of the molecule is CCNC(=NCc1cccc(S(=O)(=O)NC)c1)NCCc1cccc(F)c1.I. The van der Waals surface area contributed by atoms with Gasteiger partial charge in [0.15, 0.2) is 5.96 Å². The summed E-state index contributed by atoms with van der Waals surface area (Å²) in [7, 11) is -2.10. The average Bonchev–Trinajstić information content (AvgIpc) is 2.66. The predicted molar refractivity (Wildman–Crippen MR) is 121 cm³/mol. The van der Waals surface area contributed by atoms with Crippen molar-refractivity contribution in [2.75, 3.05) is 20.1 Å². The van der Waals surface area contributed by atoms with Crippen LogP contribution in [0.5, 0.6) is 0 Å². The van der Waals surface area contributed by atoms with Crippen LogP contribution in [0.15, 0.2) is 58.4 Å². The first-order valence-electron chi connectivity index (χ1n) is 8.73. The number of rotatable bonds is 8. The summed E-state index contributed by atoms with van der Waals surface area (Å²) in [5.74, 6) is 0.375. The fourth-order valence-corrected chi connectivity index (χ4v) is 3.26. The largest absolute Gasteiger partial charge is 0.357 e. The summed E-state index contributed by atoms with van der Waals surface area (Å²) < 4.78 is 39.3. The molecule has 0 unspecified atom stereocenters. The first kappa shape index (κ1) is 24.3. The van der Waals surface area contributed by atoms with Gasteiger partial charge in [0, 0.05) is 13.1 Å². The summed E-state index contributed by atoms with van der Waals surface area (Å²) in [5, 5.41) is 6.34. The number of hydrogen-bond acceptors (Lipinski definition) is 3. The molecule has 28 heavy (non-hydrogen) atoms. The highest BCUT2D eigenvalue weighted by Crippen LogP contribution is 2.12. The topological polar surface area (TPSA) is 82.6 Å². The van der Waals surface area contributed by atoms with E-state index in [1.165, 1.54) is 19.2 Å². The van der Waals surface area contributed by atoms with Crippen LogP contribution in [0.4, 0.5) is 4.39 Å². The van der Waals surface area contributed by atoms with Gasteiger partial charge >= 0.3 is 0 Å². The predicted octanol–water partition coefficient (Wildman–Crippen LogP) is 2.65. The Bertz CT molecular complexity index is 891. The Kier molecular flexibility index (Phi) is 10.4. The fourth-order valence-electron chi connectivity index (χ4n) is 2.46. The Morgan fingerprint density at radius 1 is 1.07 bits per heavy atom. The molecular weight excluding hydrogens is 494 g/mol. The van der Waals surface area contributed by atoms with Crippen molar-refractivity contribution in [2.24, 2.45) is 4.99 Å². The third-order valence-corrected chi connectivity index (χ3v) is 5.25. The van der Waals surface area contributed by atoms with Crippen LogP contribution in [0, 0.1) is 5.82 Å². The van der Waals surface area contributed by atoms with Crippen molar-refractivity contribution in [3.05, 3.63) is 65.5 Å². The molecule has 0 amide bonds. The van der Waals surface area contributed by atoms with Crippen molar-refractivity contribution in [3.8, 4) is 0 Å². The molecular formula is C19H26FIN4O2S. The van der Waals surface area contributed by atoms with E-state index < -0.39 is 10.0 Å². The van der Waals surface area contributed by atoms with Gasteiger partial charge in [-0.1, -0.05) is 24.3 Å². The van der Waals surface area contributed by atoms with E-state index in [0.29, 0.717) is 32.0 Å². The van der Waals surface area contributed by atoms with E-state index in [1.807, 2.05) is 19.1 Å². The second-order valence-corrected chi connectivity index (χ2v) is 7.74. The van der Waals surface area contributed by atoms with Gasteiger partial charge in [-0.25, -0.2) is 22.5 Å². The molecule has 0 bridgehead atoms. The second kappa shape index (κ2) is 12.0. The van der Waals surface area contributed by atoms with Gasteiger partial charge in [-0.05, 0) is 55.8 Å². The van der Waals surface area contributed by atoms with Gasteiger partial charge in [-0.2, -0.15) is 0 Å². The Labute approximate surface area is 183 Å². The van der Waals surface area contributed by atoms with Gasteiger partial charge in [0.25, 0.3) is 0 Å². The minimum atomic E-state index is -3.48. The Morgan fingerprint density at radius 3 is 2.46 bits per heavy atom. The minimum Gasteiger partial charge on any atom is -0.357 e. The molecule has 9 heteroatoms. The zero-order valence-corrected chi connectivity index (χ0v) is 19.1. The highest BCUT2D eigenvalue weighted by molar-refractivity contribution is 14.0. The molecule has 0 aromatic heterocycles. The van der Waals surface area contributed by atoms with Gasteiger partial charge < -0.3 is 10.6 Å². The molecule has 0 radical (unpaired) electrons. The number of halogens is 2. The molecule has 0 aliphatic carbocycles. The summed E-state index contributed by atoms with van der Waals surface area (Å²) in [5.41, 5.74) is 1.69. The molecule has 0 aliphatic heterocycles. The van der Waals surface area contributed by atoms with E-state index in [9.17, 15) is 12.8 Å². The average molecular weight is 520 g/mol. The molecule has 0 saturated heterocycles. The standard InChI is InChI=1S/C19H25FN4O2S.HI/c1-3-22-19(23-11-10-15-6-4-8-17(20)12-15)24-14-16-7-5-9-18(13-16)27(25,26)21-2;/h4-9,12-13,21H,3,10-11,14H2,1-2H3,(H2,22,23,24);1H. The number of benzene rings is 2. The summed E-state index contributed by atoms with van der Waals surface area (Å²) in [6.45, 7) is 3.59. The zero-order chi connectivity index (χ0) is 19.7. The van der Waals surface area contributed by atoms with E-state index in [1.54, 1.807) is 24.3 Å². The van der Waals surface area contributed by atoms with Gasteiger partial charge in [-0.15, -0.1) is 24.0 Å². The molecule has 0 atom stereocenters. The van der Waals surface area contributed by atoms with E-state index in [-0.39, 0.29) is 34.7 Å². The molecule has 0 fully saturated rings. The van der Waals surface area contributed by atoms with Gasteiger partial charge in [-0.3, -0.25) is 0 Å². The van der Waals surface area contributed by atoms with Crippen molar-refractivity contribution in [2.45, 2.75) is 24.8 Å². The van der Waals surface area contributed by atoms with E-state index in [2.05, 4.69) is 20.3 Å². The normalized spacial score (nSPS) is 11.6. The smallest absolute Gasteiger partial charge is 0.240 e. The second-order valence-electron chi connectivity index (χ2n) is 5.86. The minimum absolute atomic E-state index is 0. The first-order valence-corrected chi connectivity index (χ1v) is 10.2. The fraction of sp³-hybridized carbons (Fsp3) is 0.316. The maximum absolute atomic E-state index is 13.2.